The van der Waals surface area contributed by atoms with Gasteiger partial charge in [0, 0.05) is 12.1 Å². The van der Waals surface area contributed by atoms with Crippen LogP contribution in [0.4, 0.5) is 0 Å². The molecule has 18 heavy (non-hydrogen) atoms. The van der Waals surface area contributed by atoms with Crippen molar-refractivity contribution in [3.63, 3.8) is 0 Å². The molecule has 0 saturated carbocycles. The van der Waals surface area contributed by atoms with Crippen LogP contribution in [0.15, 0.2) is 28.9 Å². The zero-order chi connectivity index (χ0) is 13.2. The van der Waals surface area contributed by atoms with Gasteiger partial charge in [-0.1, -0.05) is 13.8 Å². The molecule has 0 radical (unpaired) electrons. The van der Waals surface area contributed by atoms with Crippen LogP contribution in [0.1, 0.15) is 32.4 Å². The zero-order valence-corrected chi connectivity index (χ0v) is 11.0. The maximum absolute atomic E-state index is 11.5. The van der Waals surface area contributed by atoms with E-state index in [1.54, 1.807) is 24.5 Å². The van der Waals surface area contributed by atoms with E-state index in [-0.39, 0.29) is 12.0 Å². The van der Waals surface area contributed by atoms with E-state index in [4.69, 9.17) is 9.15 Å². The Bertz CT molecular complexity index is 357. The summed E-state index contributed by atoms with van der Waals surface area (Å²) in [7, 11) is 0. The van der Waals surface area contributed by atoms with Gasteiger partial charge in [-0.15, -0.1) is 0 Å². The molecule has 0 aliphatic rings. The molecule has 1 atom stereocenters. The predicted octanol–water partition coefficient (Wildman–Crippen LogP) is 2.61. The number of nitrogens with one attached hydrogen (secondary N) is 1. The first-order valence-electron chi connectivity index (χ1n) is 6.38. The first-order valence-corrected chi connectivity index (χ1v) is 6.38. The molecule has 1 rings (SSSR count). The number of ether oxygens (including phenoxy) is 1. The Labute approximate surface area is 108 Å². The lowest BCUT2D eigenvalue weighted by Gasteiger charge is -2.15. The highest BCUT2D eigenvalue weighted by Crippen LogP contribution is 2.02. The number of hydrogen-bond acceptors (Lipinski definition) is 4. The summed E-state index contributed by atoms with van der Waals surface area (Å²) < 4.78 is 10.2. The minimum absolute atomic E-state index is 0.228. The monoisotopic (exact) mass is 251 g/mol. The maximum Gasteiger partial charge on any atom is 0.330 e. The van der Waals surface area contributed by atoms with Crippen molar-refractivity contribution in [2.45, 2.75) is 32.7 Å². The van der Waals surface area contributed by atoms with Gasteiger partial charge in [0.25, 0.3) is 0 Å². The van der Waals surface area contributed by atoms with Crippen molar-refractivity contribution in [3.05, 3.63) is 30.2 Å². The molecule has 100 valence electrons. The smallest absolute Gasteiger partial charge is 0.330 e. The second-order valence-electron chi connectivity index (χ2n) is 4.04. The normalized spacial score (nSPS) is 12.8. The molecule has 0 aliphatic heterocycles. The second-order valence-corrected chi connectivity index (χ2v) is 4.04. The molecule has 0 saturated heterocycles. The van der Waals surface area contributed by atoms with E-state index in [0.717, 1.165) is 19.4 Å². The standard InChI is InChI=1S/C14H21NO3/c1-3-9-15-12(4-2)11-18-14(16)8-7-13-6-5-10-17-13/h5-8,10,12,15H,3-4,9,11H2,1-2H3/b8-7+. The van der Waals surface area contributed by atoms with Crippen LogP contribution in [0.3, 0.4) is 0 Å². The first kappa shape index (κ1) is 14.5. The predicted molar refractivity (Wildman–Crippen MR) is 71.1 cm³/mol. The largest absolute Gasteiger partial charge is 0.465 e. The first-order chi connectivity index (χ1) is 8.76. The van der Waals surface area contributed by atoms with Crippen LogP contribution in [0.5, 0.6) is 0 Å². The van der Waals surface area contributed by atoms with Gasteiger partial charge in [-0.05, 0) is 37.6 Å². The summed E-state index contributed by atoms with van der Waals surface area (Å²) in [5, 5.41) is 3.32. The number of rotatable bonds is 8. The fourth-order valence-electron chi connectivity index (χ4n) is 1.44. The Morgan fingerprint density at radius 2 is 2.39 bits per heavy atom. The quantitative estimate of drug-likeness (QED) is 0.570. The van der Waals surface area contributed by atoms with E-state index in [1.807, 2.05) is 0 Å². The molecule has 4 heteroatoms. The van der Waals surface area contributed by atoms with Gasteiger partial charge >= 0.3 is 5.97 Å². The maximum atomic E-state index is 11.5. The Hall–Kier alpha value is -1.55. The molecule has 1 N–H and O–H groups in total. The Kier molecular flexibility index (Phi) is 6.87. The molecule has 1 heterocycles. The molecule has 0 aliphatic carbocycles. The summed E-state index contributed by atoms with van der Waals surface area (Å²) in [6.07, 6.45) is 6.55. The molecular weight excluding hydrogens is 230 g/mol. The third-order valence-electron chi connectivity index (χ3n) is 2.53. The fourth-order valence-corrected chi connectivity index (χ4v) is 1.44. The van der Waals surface area contributed by atoms with Crippen molar-refractivity contribution in [1.29, 1.82) is 0 Å². The van der Waals surface area contributed by atoms with Crippen molar-refractivity contribution >= 4 is 12.0 Å². The van der Waals surface area contributed by atoms with E-state index in [1.165, 1.54) is 6.08 Å². The van der Waals surface area contributed by atoms with Gasteiger partial charge in [-0.25, -0.2) is 4.79 Å². The van der Waals surface area contributed by atoms with Crippen molar-refractivity contribution in [3.8, 4) is 0 Å². The van der Waals surface area contributed by atoms with E-state index in [2.05, 4.69) is 19.2 Å². The lowest BCUT2D eigenvalue weighted by atomic mass is 10.2. The highest BCUT2D eigenvalue weighted by molar-refractivity contribution is 5.86. The topological polar surface area (TPSA) is 51.5 Å². The molecule has 1 aromatic rings. The zero-order valence-electron chi connectivity index (χ0n) is 11.0. The van der Waals surface area contributed by atoms with Crippen molar-refractivity contribution < 1.29 is 13.9 Å². The molecular formula is C14H21NO3. The Balaban J connectivity index is 2.27. The average molecular weight is 251 g/mol. The summed E-state index contributed by atoms with van der Waals surface area (Å²) in [5.41, 5.74) is 0. The van der Waals surface area contributed by atoms with Gasteiger partial charge < -0.3 is 14.5 Å². The van der Waals surface area contributed by atoms with Gasteiger partial charge in [-0.2, -0.15) is 0 Å². The third-order valence-corrected chi connectivity index (χ3v) is 2.53. The molecule has 0 fully saturated rings. The van der Waals surface area contributed by atoms with Crippen LogP contribution < -0.4 is 5.32 Å². The number of carbonyl (C=O) groups is 1. The summed E-state index contributed by atoms with van der Waals surface area (Å²) >= 11 is 0. The molecule has 0 spiro atoms. The summed E-state index contributed by atoms with van der Waals surface area (Å²) in [6, 6.07) is 3.78. The minimum atomic E-state index is -0.344. The van der Waals surface area contributed by atoms with Gasteiger partial charge in [0.05, 0.1) is 6.26 Å². The fraction of sp³-hybridized carbons (Fsp3) is 0.500. The minimum Gasteiger partial charge on any atom is -0.465 e. The average Bonchev–Trinajstić information content (AvgIpc) is 2.89. The van der Waals surface area contributed by atoms with E-state index < -0.39 is 0 Å². The van der Waals surface area contributed by atoms with Gasteiger partial charge in [0.15, 0.2) is 0 Å². The highest BCUT2D eigenvalue weighted by atomic mass is 16.5. The lowest BCUT2D eigenvalue weighted by molar-refractivity contribution is -0.138. The molecule has 0 bridgehead atoms. The van der Waals surface area contributed by atoms with Crippen LogP contribution >= 0.6 is 0 Å². The highest BCUT2D eigenvalue weighted by Gasteiger charge is 2.07. The molecule has 0 amide bonds. The molecule has 0 aromatic carbocycles. The van der Waals surface area contributed by atoms with Crippen molar-refractivity contribution in [2.75, 3.05) is 13.2 Å². The van der Waals surface area contributed by atoms with Gasteiger partial charge in [0.2, 0.25) is 0 Å². The number of esters is 1. The number of hydrogen-bond donors (Lipinski definition) is 1. The van der Waals surface area contributed by atoms with Crippen LogP contribution in [-0.2, 0) is 9.53 Å². The van der Waals surface area contributed by atoms with E-state index in [9.17, 15) is 4.79 Å². The third kappa shape index (κ3) is 5.68. The van der Waals surface area contributed by atoms with Gasteiger partial charge in [-0.3, -0.25) is 0 Å². The molecule has 1 unspecified atom stereocenters. The second kappa shape index (κ2) is 8.53. The molecule has 1 aromatic heterocycles. The van der Waals surface area contributed by atoms with Gasteiger partial charge in [0.1, 0.15) is 12.4 Å². The van der Waals surface area contributed by atoms with Crippen LogP contribution in [0.25, 0.3) is 6.08 Å². The van der Waals surface area contributed by atoms with E-state index in [0.29, 0.717) is 12.4 Å². The van der Waals surface area contributed by atoms with Crippen LogP contribution in [0.2, 0.25) is 0 Å². The van der Waals surface area contributed by atoms with Crippen LogP contribution in [-0.4, -0.2) is 25.2 Å². The Morgan fingerprint density at radius 1 is 1.56 bits per heavy atom. The summed E-state index contributed by atoms with van der Waals surface area (Å²) in [5.74, 6) is 0.297. The SMILES string of the molecule is CCCNC(CC)COC(=O)/C=C/c1ccco1. The van der Waals surface area contributed by atoms with Crippen molar-refractivity contribution in [1.82, 2.24) is 5.32 Å². The van der Waals surface area contributed by atoms with E-state index >= 15 is 0 Å². The summed E-state index contributed by atoms with van der Waals surface area (Å²) in [4.78, 5) is 11.5. The number of carbonyl (C=O) groups excluding carboxylic acids is 1. The number of furan rings is 1. The Morgan fingerprint density at radius 3 is 3.00 bits per heavy atom. The molecule has 4 nitrogen and oxygen atoms in total. The van der Waals surface area contributed by atoms with Crippen LogP contribution in [0, 0.1) is 0 Å². The lowest BCUT2D eigenvalue weighted by Crippen LogP contribution is -2.34. The van der Waals surface area contributed by atoms with Crippen molar-refractivity contribution in [2.24, 2.45) is 0 Å². The summed E-state index contributed by atoms with van der Waals surface area (Å²) in [6.45, 7) is 5.52.